The molecule has 1 heterocycles. The molecule has 4 rings (SSSR count). The SMILES string of the molecule is [B]c1c(O)c(O)c(-n2c3ccccc3c(=O)c3ccccc32)c(O)c1O. The Labute approximate surface area is 148 Å². The molecule has 0 atom stereocenters. The second kappa shape index (κ2) is 5.45. The number of aromatic hydroxyl groups is 4. The van der Waals surface area contributed by atoms with Crippen molar-refractivity contribution in [2.75, 3.05) is 0 Å². The summed E-state index contributed by atoms with van der Waals surface area (Å²) in [7, 11) is 5.50. The lowest BCUT2D eigenvalue weighted by molar-refractivity contribution is 0.376. The van der Waals surface area contributed by atoms with Crippen LogP contribution in [0.4, 0.5) is 0 Å². The monoisotopic (exact) mass is 345 g/mol. The van der Waals surface area contributed by atoms with Crippen molar-refractivity contribution in [3.63, 3.8) is 0 Å². The molecule has 0 aliphatic heterocycles. The summed E-state index contributed by atoms with van der Waals surface area (Å²) in [6.07, 6.45) is 0. The van der Waals surface area contributed by atoms with Crippen molar-refractivity contribution in [2.45, 2.75) is 0 Å². The quantitative estimate of drug-likeness (QED) is 0.182. The molecular weight excluding hydrogens is 333 g/mol. The Hall–Kier alpha value is -3.61. The molecule has 4 N–H and O–H groups in total. The topological polar surface area (TPSA) is 103 Å². The second-order valence-corrected chi connectivity index (χ2v) is 5.86. The fourth-order valence-corrected chi connectivity index (χ4v) is 3.15. The van der Waals surface area contributed by atoms with E-state index in [2.05, 4.69) is 0 Å². The van der Waals surface area contributed by atoms with E-state index >= 15 is 0 Å². The summed E-state index contributed by atoms with van der Waals surface area (Å²) >= 11 is 0. The van der Waals surface area contributed by atoms with E-state index < -0.39 is 28.5 Å². The lowest BCUT2D eigenvalue weighted by Crippen LogP contribution is -2.12. The van der Waals surface area contributed by atoms with Crippen molar-refractivity contribution in [2.24, 2.45) is 0 Å². The first kappa shape index (κ1) is 15.9. The van der Waals surface area contributed by atoms with Crippen molar-refractivity contribution in [1.29, 1.82) is 0 Å². The third kappa shape index (κ3) is 1.97. The lowest BCUT2D eigenvalue weighted by atomic mass is 9.92. The van der Waals surface area contributed by atoms with Gasteiger partial charge in [0.2, 0.25) is 0 Å². The third-order valence-corrected chi connectivity index (χ3v) is 4.41. The van der Waals surface area contributed by atoms with Crippen LogP contribution < -0.4 is 10.9 Å². The summed E-state index contributed by atoms with van der Waals surface area (Å²) in [6.45, 7) is 0. The predicted octanol–water partition coefficient (Wildman–Crippen LogP) is 1.76. The van der Waals surface area contributed by atoms with Gasteiger partial charge in [-0.3, -0.25) is 4.79 Å². The van der Waals surface area contributed by atoms with Gasteiger partial charge in [-0.15, -0.1) is 0 Å². The Kier molecular flexibility index (Phi) is 3.33. The van der Waals surface area contributed by atoms with E-state index in [1.165, 1.54) is 4.57 Å². The summed E-state index contributed by atoms with van der Waals surface area (Å²) in [4.78, 5) is 12.8. The third-order valence-electron chi connectivity index (χ3n) is 4.41. The molecule has 0 spiro atoms. The Morgan fingerprint density at radius 3 is 1.58 bits per heavy atom. The van der Waals surface area contributed by atoms with Crippen LogP contribution in [0.5, 0.6) is 23.0 Å². The van der Waals surface area contributed by atoms with E-state index in [0.717, 1.165) is 0 Å². The molecule has 0 unspecified atom stereocenters. The van der Waals surface area contributed by atoms with Gasteiger partial charge in [0.1, 0.15) is 13.5 Å². The van der Waals surface area contributed by atoms with Crippen molar-refractivity contribution < 1.29 is 20.4 Å². The number of aromatic nitrogens is 1. The highest BCUT2D eigenvalue weighted by Gasteiger charge is 2.24. The van der Waals surface area contributed by atoms with Crippen LogP contribution in [0.1, 0.15) is 0 Å². The maximum Gasteiger partial charge on any atom is 0.197 e. The molecule has 0 fully saturated rings. The van der Waals surface area contributed by atoms with E-state index in [0.29, 0.717) is 21.8 Å². The molecule has 3 aromatic carbocycles. The van der Waals surface area contributed by atoms with E-state index in [-0.39, 0.29) is 11.1 Å². The van der Waals surface area contributed by atoms with E-state index in [9.17, 15) is 25.2 Å². The molecule has 0 aliphatic carbocycles. The summed E-state index contributed by atoms with van der Waals surface area (Å²) in [6, 6.07) is 13.3. The molecule has 7 heteroatoms. The molecule has 6 nitrogen and oxygen atoms in total. The standard InChI is InChI=1S/C19H12BNO5/c20-13-16(23)18(25)14(19(26)17(13)24)21-11-7-3-1-5-9(11)15(22)10-6-2-4-8-12(10)21/h1-8,23-26H. The summed E-state index contributed by atoms with van der Waals surface area (Å²) in [5.74, 6) is -2.95. The minimum atomic E-state index is -0.762. The van der Waals surface area contributed by atoms with Crippen LogP contribution >= 0.6 is 0 Å². The Bertz CT molecular complexity index is 1170. The van der Waals surface area contributed by atoms with Gasteiger partial charge in [-0.05, 0) is 29.7 Å². The van der Waals surface area contributed by atoms with E-state index in [1.54, 1.807) is 48.5 Å². The van der Waals surface area contributed by atoms with E-state index in [4.69, 9.17) is 7.85 Å². The van der Waals surface area contributed by atoms with Gasteiger partial charge in [0, 0.05) is 10.8 Å². The van der Waals surface area contributed by atoms with Crippen molar-refractivity contribution in [3.8, 4) is 28.7 Å². The predicted molar refractivity (Wildman–Crippen MR) is 99.1 cm³/mol. The highest BCUT2D eigenvalue weighted by Crippen LogP contribution is 2.44. The van der Waals surface area contributed by atoms with Gasteiger partial charge in [0.15, 0.2) is 28.4 Å². The van der Waals surface area contributed by atoms with Crippen LogP contribution in [0.3, 0.4) is 0 Å². The molecule has 4 aromatic rings. The average Bonchev–Trinajstić information content (AvgIpc) is 2.67. The molecule has 0 bridgehead atoms. The highest BCUT2D eigenvalue weighted by molar-refractivity contribution is 6.37. The Morgan fingerprint density at radius 1 is 0.692 bits per heavy atom. The summed E-state index contributed by atoms with van der Waals surface area (Å²) in [5.41, 5.74) is -0.272. The summed E-state index contributed by atoms with van der Waals surface area (Å²) < 4.78 is 1.40. The highest BCUT2D eigenvalue weighted by atomic mass is 16.3. The minimum absolute atomic E-state index is 0.213. The number of phenols is 4. The van der Waals surface area contributed by atoms with Crippen LogP contribution in [0.2, 0.25) is 0 Å². The van der Waals surface area contributed by atoms with Gasteiger partial charge in [-0.25, -0.2) is 0 Å². The molecule has 0 saturated carbocycles. The first-order valence-electron chi connectivity index (χ1n) is 7.71. The maximum absolute atomic E-state index is 12.8. The van der Waals surface area contributed by atoms with Crippen LogP contribution in [0.15, 0.2) is 53.3 Å². The van der Waals surface area contributed by atoms with Crippen molar-refractivity contribution in [1.82, 2.24) is 4.57 Å². The fraction of sp³-hybridized carbons (Fsp3) is 0. The van der Waals surface area contributed by atoms with E-state index in [1.807, 2.05) is 0 Å². The number of phenolic OH excluding ortho intramolecular Hbond substituents is 4. The Morgan fingerprint density at radius 2 is 1.12 bits per heavy atom. The number of nitrogens with zero attached hydrogens (tertiary/aromatic N) is 1. The van der Waals surface area contributed by atoms with Gasteiger partial charge in [0.05, 0.1) is 11.0 Å². The molecule has 0 aliphatic rings. The molecule has 126 valence electrons. The number of para-hydroxylation sites is 2. The number of benzene rings is 3. The number of pyridine rings is 1. The van der Waals surface area contributed by atoms with Crippen molar-refractivity contribution in [3.05, 3.63) is 58.8 Å². The maximum atomic E-state index is 12.8. The zero-order chi connectivity index (χ0) is 18.6. The zero-order valence-corrected chi connectivity index (χ0v) is 13.3. The van der Waals surface area contributed by atoms with Gasteiger partial charge >= 0.3 is 0 Å². The first-order valence-corrected chi connectivity index (χ1v) is 7.71. The number of hydrogen-bond donors (Lipinski definition) is 4. The van der Waals surface area contributed by atoms with Gasteiger partial charge in [0.25, 0.3) is 0 Å². The van der Waals surface area contributed by atoms with Gasteiger partial charge < -0.3 is 25.0 Å². The molecule has 1 aromatic heterocycles. The lowest BCUT2D eigenvalue weighted by Gasteiger charge is -2.19. The molecule has 26 heavy (non-hydrogen) atoms. The van der Waals surface area contributed by atoms with Crippen LogP contribution in [-0.4, -0.2) is 32.8 Å². The van der Waals surface area contributed by atoms with Crippen LogP contribution in [0, 0.1) is 0 Å². The molecule has 0 saturated heterocycles. The largest absolute Gasteiger partial charge is 0.505 e. The van der Waals surface area contributed by atoms with Crippen LogP contribution in [-0.2, 0) is 0 Å². The van der Waals surface area contributed by atoms with Crippen LogP contribution in [0.25, 0.3) is 27.5 Å². The number of rotatable bonds is 1. The zero-order valence-electron chi connectivity index (χ0n) is 13.3. The number of fused-ring (bicyclic) bond motifs is 2. The Balaban J connectivity index is 2.34. The normalized spacial score (nSPS) is 11.2. The smallest absolute Gasteiger partial charge is 0.197 e. The van der Waals surface area contributed by atoms with Gasteiger partial charge in [-0.1, -0.05) is 24.3 Å². The molecule has 2 radical (unpaired) electrons. The van der Waals surface area contributed by atoms with Gasteiger partial charge in [-0.2, -0.15) is 0 Å². The average molecular weight is 345 g/mol. The minimum Gasteiger partial charge on any atom is -0.505 e. The molecular formula is C19H12BNO5. The second-order valence-electron chi connectivity index (χ2n) is 5.86. The van der Waals surface area contributed by atoms with Crippen molar-refractivity contribution >= 4 is 35.1 Å². The number of hydrogen-bond acceptors (Lipinski definition) is 5. The molecule has 0 amide bonds. The first-order chi connectivity index (χ1) is 12.4. The fourth-order valence-electron chi connectivity index (χ4n) is 3.15. The summed E-state index contributed by atoms with van der Waals surface area (Å²) in [5, 5.41) is 41.6.